The van der Waals surface area contributed by atoms with Gasteiger partial charge in [-0.1, -0.05) is 41.4 Å². The Morgan fingerprint density at radius 1 is 1.00 bits per heavy atom. The van der Waals surface area contributed by atoms with Crippen LogP contribution < -0.4 is 14.8 Å². The molecule has 0 saturated carbocycles. The molecule has 0 spiro atoms. The average Bonchev–Trinajstić information content (AvgIpc) is 2.75. The maximum Gasteiger partial charge on any atom is 0.261 e. The minimum absolute atomic E-state index is 0.138. The van der Waals surface area contributed by atoms with Crippen molar-refractivity contribution >= 4 is 33.2 Å². The van der Waals surface area contributed by atoms with Crippen molar-refractivity contribution in [1.29, 1.82) is 0 Å². The average molecular weight is 459 g/mol. The zero-order valence-electron chi connectivity index (χ0n) is 17.2. The summed E-state index contributed by atoms with van der Waals surface area (Å²) in [6.07, 6.45) is 0.632. The van der Waals surface area contributed by atoms with Crippen molar-refractivity contribution < 1.29 is 17.9 Å². The van der Waals surface area contributed by atoms with Crippen LogP contribution in [0.25, 0.3) is 0 Å². The van der Waals surface area contributed by atoms with Gasteiger partial charge in [0.25, 0.3) is 15.9 Å². The van der Waals surface area contributed by atoms with E-state index in [1.165, 1.54) is 30.3 Å². The first kappa shape index (κ1) is 22.7. The van der Waals surface area contributed by atoms with Crippen LogP contribution in [0.3, 0.4) is 0 Å². The lowest BCUT2D eigenvalue weighted by Crippen LogP contribution is -2.26. The molecule has 0 saturated heterocycles. The van der Waals surface area contributed by atoms with Crippen LogP contribution in [0.5, 0.6) is 5.75 Å². The number of nitrogens with one attached hydrogen (secondary N) is 2. The van der Waals surface area contributed by atoms with Gasteiger partial charge in [-0.2, -0.15) is 0 Å². The molecule has 162 valence electrons. The van der Waals surface area contributed by atoms with Crippen molar-refractivity contribution in [2.24, 2.45) is 0 Å². The Morgan fingerprint density at radius 2 is 1.68 bits per heavy atom. The minimum atomic E-state index is -3.78. The molecule has 0 heterocycles. The molecule has 0 radical (unpaired) electrons. The normalized spacial score (nSPS) is 11.1. The van der Waals surface area contributed by atoms with Crippen molar-refractivity contribution in [3.63, 3.8) is 0 Å². The van der Waals surface area contributed by atoms with E-state index >= 15 is 0 Å². The van der Waals surface area contributed by atoms with Crippen LogP contribution in [-0.2, 0) is 16.4 Å². The Morgan fingerprint density at radius 3 is 2.32 bits per heavy atom. The fourth-order valence-electron chi connectivity index (χ4n) is 2.90. The molecule has 6 nitrogen and oxygen atoms in total. The van der Waals surface area contributed by atoms with Gasteiger partial charge in [0.05, 0.1) is 22.6 Å². The zero-order chi connectivity index (χ0) is 22.4. The molecule has 0 fully saturated rings. The Kier molecular flexibility index (Phi) is 7.20. The molecule has 0 aliphatic heterocycles. The number of rotatable bonds is 8. The van der Waals surface area contributed by atoms with E-state index in [2.05, 4.69) is 10.0 Å². The fraction of sp³-hybridized carbons (Fsp3) is 0.174. The first-order valence-corrected chi connectivity index (χ1v) is 11.4. The summed E-state index contributed by atoms with van der Waals surface area (Å²) < 4.78 is 32.8. The second kappa shape index (κ2) is 9.85. The Balaban J connectivity index is 1.66. The van der Waals surface area contributed by atoms with Gasteiger partial charge in [-0.25, -0.2) is 8.42 Å². The molecule has 3 aromatic rings. The van der Waals surface area contributed by atoms with Gasteiger partial charge in [-0.05, 0) is 61.4 Å². The van der Waals surface area contributed by atoms with Crippen molar-refractivity contribution in [1.82, 2.24) is 5.32 Å². The molecule has 3 aromatic carbocycles. The standard InChI is InChI=1S/C23H23ClN2O4S/c1-16-3-10-20(11-4-16)31(28,29)26-18-7-12-22(24)21(15-18)23(27)25-14-13-17-5-8-19(30-2)9-6-17/h3-12,15,26H,13-14H2,1-2H3,(H,25,27). The van der Waals surface area contributed by atoms with Crippen LogP contribution in [0.2, 0.25) is 5.02 Å². The van der Waals surface area contributed by atoms with E-state index in [4.69, 9.17) is 16.3 Å². The van der Waals surface area contributed by atoms with Crippen molar-refractivity contribution in [3.8, 4) is 5.75 Å². The highest BCUT2D eigenvalue weighted by Gasteiger charge is 2.16. The predicted molar refractivity (Wildman–Crippen MR) is 122 cm³/mol. The van der Waals surface area contributed by atoms with Crippen LogP contribution in [0.4, 0.5) is 5.69 Å². The van der Waals surface area contributed by atoms with Crippen LogP contribution in [-0.4, -0.2) is 28.0 Å². The van der Waals surface area contributed by atoms with E-state index in [1.54, 1.807) is 19.2 Å². The van der Waals surface area contributed by atoms with Gasteiger partial charge >= 0.3 is 0 Å². The van der Waals surface area contributed by atoms with E-state index in [1.807, 2.05) is 31.2 Å². The number of hydrogen-bond acceptors (Lipinski definition) is 4. The molecule has 1 amide bonds. The number of hydrogen-bond donors (Lipinski definition) is 2. The topological polar surface area (TPSA) is 84.5 Å². The van der Waals surface area contributed by atoms with Crippen LogP contribution in [0.15, 0.2) is 71.6 Å². The maximum atomic E-state index is 12.6. The van der Waals surface area contributed by atoms with Crippen LogP contribution >= 0.6 is 11.6 Å². The van der Waals surface area contributed by atoms with Gasteiger partial charge < -0.3 is 10.1 Å². The van der Waals surface area contributed by atoms with Gasteiger partial charge in [0, 0.05) is 12.2 Å². The lowest BCUT2D eigenvalue weighted by atomic mass is 10.1. The summed E-state index contributed by atoms with van der Waals surface area (Å²) in [6.45, 7) is 2.28. The summed E-state index contributed by atoms with van der Waals surface area (Å²) in [6, 6.07) is 18.5. The van der Waals surface area contributed by atoms with Crippen molar-refractivity contribution in [3.05, 3.63) is 88.4 Å². The molecule has 0 atom stereocenters. The van der Waals surface area contributed by atoms with Gasteiger partial charge in [0.1, 0.15) is 5.75 Å². The van der Waals surface area contributed by atoms with Gasteiger partial charge in [-0.3, -0.25) is 9.52 Å². The number of methoxy groups -OCH3 is 1. The Labute approximate surface area is 187 Å². The van der Waals surface area contributed by atoms with Crippen molar-refractivity contribution in [2.45, 2.75) is 18.2 Å². The first-order chi connectivity index (χ1) is 14.8. The summed E-state index contributed by atoms with van der Waals surface area (Å²) in [5.41, 5.74) is 2.46. The third kappa shape index (κ3) is 5.99. The van der Waals surface area contributed by atoms with E-state index < -0.39 is 10.0 Å². The maximum absolute atomic E-state index is 12.6. The minimum Gasteiger partial charge on any atom is -0.497 e. The third-order valence-electron chi connectivity index (χ3n) is 4.65. The Hall–Kier alpha value is -3.03. The van der Waals surface area contributed by atoms with Crippen molar-refractivity contribution in [2.75, 3.05) is 18.4 Å². The van der Waals surface area contributed by atoms with E-state index in [9.17, 15) is 13.2 Å². The quantitative estimate of drug-likeness (QED) is 0.523. The number of amides is 1. The number of carbonyl (C=O) groups excluding carboxylic acids is 1. The molecule has 31 heavy (non-hydrogen) atoms. The van der Waals surface area contributed by atoms with E-state index in [-0.39, 0.29) is 27.1 Å². The molecular weight excluding hydrogens is 436 g/mol. The number of halogens is 1. The molecule has 0 aromatic heterocycles. The number of sulfonamides is 1. The lowest BCUT2D eigenvalue weighted by molar-refractivity contribution is 0.0954. The first-order valence-electron chi connectivity index (χ1n) is 9.58. The molecule has 0 unspecified atom stereocenters. The summed E-state index contributed by atoms with van der Waals surface area (Å²) in [5.74, 6) is 0.388. The molecule has 2 N–H and O–H groups in total. The van der Waals surface area contributed by atoms with Gasteiger partial charge in [0.15, 0.2) is 0 Å². The lowest BCUT2D eigenvalue weighted by Gasteiger charge is -2.12. The molecule has 8 heteroatoms. The number of aryl methyl sites for hydroxylation is 1. The van der Waals surface area contributed by atoms with Crippen LogP contribution in [0, 0.1) is 6.92 Å². The molecular formula is C23H23ClN2O4S. The number of benzene rings is 3. The molecule has 3 rings (SSSR count). The highest BCUT2D eigenvalue weighted by Crippen LogP contribution is 2.23. The molecule has 0 bridgehead atoms. The smallest absolute Gasteiger partial charge is 0.261 e. The van der Waals surface area contributed by atoms with E-state index in [0.717, 1.165) is 16.9 Å². The second-order valence-electron chi connectivity index (χ2n) is 6.97. The second-order valence-corrected chi connectivity index (χ2v) is 9.06. The number of carbonyl (C=O) groups is 1. The van der Waals surface area contributed by atoms with Gasteiger partial charge in [0.2, 0.25) is 0 Å². The largest absolute Gasteiger partial charge is 0.497 e. The number of anilines is 1. The SMILES string of the molecule is COc1ccc(CCNC(=O)c2cc(NS(=O)(=O)c3ccc(C)cc3)ccc2Cl)cc1. The predicted octanol–water partition coefficient (Wildman–Crippen LogP) is 4.43. The highest BCUT2D eigenvalue weighted by molar-refractivity contribution is 7.92. The number of ether oxygens (including phenoxy) is 1. The molecule has 0 aliphatic carbocycles. The Bertz CT molecular complexity index is 1160. The summed E-state index contributed by atoms with van der Waals surface area (Å²) in [4.78, 5) is 12.7. The van der Waals surface area contributed by atoms with Crippen LogP contribution in [0.1, 0.15) is 21.5 Å². The highest BCUT2D eigenvalue weighted by atomic mass is 35.5. The molecule has 0 aliphatic rings. The fourth-order valence-corrected chi connectivity index (χ4v) is 4.15. The summed E-state index contributed by atoms with van der Waals surface area (Å²) in [5, 5.41) is 3.05. The summed E-state index contributed by atoms with van der Waals surface area (Å²) in [7, 11) is -2.17. The third-order valence-corrected chi connectivity index (χ3v) is 6.38. The van der Waals surface area contributed by atoms with Gasteiger partial charge in [-0.15, -0.1) is 0 Å². The monoisotopic (exact) mass is 458 g/mol. The zero-order valence-corrected chi connectivity index (χ0v) is 18.8. The van der Waals surface area contributed by atoms with E-state index in [0.29, 0.717) is 13.0 Å². The summed E-state index contributed by atoms with van der Waals surface area (Å²) >= 11 is 6.17.